The molecule has 0 unspecified atom stereocenters. The maximum absolute atomic E-state index is 12.2. The normalized spacial score (nSPS) is 11.1. The summed E-state index contributed by atoms with van der Waals surface area (Å²) in [5.41, 5.74) is 0.239. The summed E-state index contributed by atoms with van der Waals surface area (Å²) in [6.07, 6.45) is 0. The lowest BCUT2D eigenvalue weighted by Crippen LogP contribution is -2.49. The molecule has 0 aliphatic heterocycles. The van der Waals surface area contributed by atoms with Crippen molar-refractivity contribution in [1.29, 1.82) is 0 Å². The summed E-state index contributed by atoms with van der Waals surface area (Å²) in [7, 11) is 0. The molecule has 0 saturated heterocycles. The minimum absolute atomic E-state index is 0.125. The van der Waals surface area contributed by atoms with Gasteiger partial charge in [0.2, 0.25) is 0 Å². The van der Waals surface area contributed by atoms with Crippen molar-refractivity contribution in [3.05, 3.63) is 29.8 Å². The van der Waals surface area contributed by atoms with Crippen molar-refractivity contribution in [2.45, 2.75) is 19.4 Å². The Morgan fingerprint density at radius 3 is 2.50 bits per heavy atom. The molecule has 3 nitrogen and oxygen atoms in total. The average Bonchev–Trinajstić information content (AvgIpc) is 2.39. The molecule has 0 heterocycles. The Balaban J connectivity index is 2.90. The molecule has 18 heavy (non-hydrogen) atoms. The number of benzene rings is 1. The first-order chi connectivity index (χ1) is 8.56. The summed E-state index contributed by atoms with van der Waals surface area (Å²) in [5.74, 6) is 0.490. The van der Waals surface area contributed by atoms with Crippen molar-refractivity contribution in [2.24, 2.45) is 0 Å². The Labute approximate surface area is 125 Å². The van der Waals surface area contributed by atoms with Gasteiger partial charge in [0.1, 0.15) is 5.75 Å². The van der Waals surface area contributed by atoms with Crippen LogP contribution in [0.2, 0.25) is 0 Å². The van der Waals surface area contributed by atoms with E-state index in [2.05, 4.69) is 37.2 Å². The van der Waals surface area contributed by atoms with Gasteiger partial charge in [0.05, 0.1) is 17.7 Å². The molecule has 0 fully saturated rings. The number of halogens is 2. The van der Waals surface area contributed by atoms with Crippen LogP contribution in [0.5, 0.6) is 5.75 Å². The maximum Gasteiger partial charge on any atom is 0.255 e. The van der Waals surface area contributed by atoms with Crippen LogP contribution in [0.3, 0.4) is 0 Å². The minimum Gasteiger partial charge on any atom is -0.493 e. The van der Waals surface area contributed by atoms with E-state index in [1.165, 1.54) is 0 Å². The van der Waals surface area contributed by atoms with Crippen LogP contribution in [0.15, 0.2) is 24.3 Å². The first-order valence-corrected chi connectivity index (χ1v) is 7.97. The molecular weight excluding hydrogens is 362 g/mol. The number of alkyl halides is 2. The molecule has 0 radical (unpaired) electrons. The number of hydrogen-bond acceptors (Lipinski definition) is 2. The van der Waals surface area contributed by atoms with Gasteiger partial charge in [0.25, 0.3) is 5.91 Å². The molecule has 0 aliphatic carbocycles. The zero-order valence-electron chi connectivity index (χ0n) is 10.5. The second kappa shape index (κ2) is 7.14. The SMILES string of the molecule is CCOc1ccccc1C(=O)NC(C)(CBr)CBr. The summed E-state index contributed by atoms with van der Waals surface area (Å²) in [6, 6.07) is 7.26. The molecule has 1 aromatic carbocycles. The quantitative estimate of drug-likeness (QED) is 0.770. The predicted octanol–water partition coefficient (Wildman–Crippen LogP) is 3.36. The van der Waals surface area contributed by atoms with Crippen molar-refractivity contribution >= 4 is 37.8 Å². The minimum atomic E-state index is -0.323. The van der Waals surface area contributed by atoms with E-state index < -0.39 is 0 Å². The number of rotatable bonds is 6. The number of para-hydroxylation sites is 1. The molecule has 0 aliphatic rings. The van der Waals surface area contributed by atoms with Crippen LogP contribution in [0, 0.1) is 0 Å². The third kappa shape index (κ3) is 3.99. The van der Waals surface area contributed by atoms with Crippen molar-refractivity contribution < 1.29 is 9.53 Å². The van der Waals surface area contributed by atoms with E-state index in [4.69, 9.17) is 4.74 Å². The third-order valence-corrected chi connectivity index (χ3v) is 4.91. The van der Waals surface area contributed by atoms with E-state index in [1.807, 2.05) is 26.0 Å². The first kappa shape index (κ1) is 15.5. The van der Waals surface area contributed by atoms with Gasteiger partial charge >= 0.3 is 0 Å². The number of carbonyl (C=O) groups excluding carboxylic acids is 1. The highest BCUT2D eigenvalue weighted by atomic mass is 79.9. The van der Waals surface area contributed by atoms with E-state index in [0.717, 1.165) is 0 Å². The molecule has 0 atom stereocenters. The van der Waals surface area contributed by atoms with Gasteiger partial charge in [-0.15, -0.1) is 0 Å². The Morgan fingerprint density at radius 2 is 1.94 bits per heavy atom. The average molecular weight is 379 g/mol. The van der Waals surface area contributed by atoms with Crippen LogP contribution in [0.1, 0.15) is 24.2 Å². The van der Waals surface area contributed by atoms with Gasteiger partial charge in [-0.1, -0.05) is 44.0 Å². The standard InChI is InChI=1S/C13H17Br2NO2/c1-3-18-11-7-5-4-6-10(11)12(17)16-13(2,8-14)9-15/h4-7H,3,8-9H2,1-2H3,(H,16,17). The highest BCUT2D eigenvalue weighted by Gasteiger charge is 2.25. The summed E-state index contributed by atoms with van der Waals surface area (Å²) in [6.45, 7) is 4.41. The van der Waals surface area contributed by atoms with Gasteiger partial charge in [-0.2, -0.15) is 0 Å². The van der Waals surface area contributed by atoms with Crippen molar-refractivity contribution in [3.8, 4) is 5.75 Å². The highest BCUT2D eigenvalue weighted by Crippen LogP contribution is 2.20. The van der Waals surface area contributed by atoms with Gasteiger partial charge in [0, 0.05) is 10.7 Å². The fourth-order valence-electron chi connectivity index (χ4n) is 1.38. The van der Waals surface area contributed by atoms with Crippen molar-refractivity contribution in [2.75, 3.05) is 17.3 Å². The van der Waals surface area contributed by atoms with E-state index in [0.29, 0.717) is 28.6 Å². The molecule has 0 saturated carbocycles. The number of ether oxygens (including phenoxy) is 1. The number of carbonyl (C=O) groups is 1. The van der Waals surface area contributed by atoms with Crippen LogP contribution in [-0.2, 0) is 0 Å². The number of hydrogen-bond donors (Lipinski definition) is 1. The fourth-order valence-corrected chi connectivity index (χ4v) is 2.59. The molecule has 100 valence electrons. The lowest BCUT2D eigenvalue weighted by atomic mass is 10.1. The fraction of sp³-hybridized carbons (Fsp3) is 0.462. The van der Waals surface area contributed by atoms with Crippen LogP contribution in [0.4, 0.5) is 0 Å². The van der Waals surface area contributed by atoms with Crippen LogP contribution < -0.4 is 10.1 Å². The van der Waals surface area contributed by atoms with Crippen molar-refractivity contribution in [3.63, 3.8) is 0 Å². The molecular formula is C13H17Br2NO2. The van der Waals surface area contributed by atoms with E-state index in [1.54, 1.807) is 12.1 Å². The highest BCUT2D eigenvalue weighted by molar-refractivity contribution is 9.09. The van der Waals surface area contributed by atoms with E-state index >= 15 is 0 Å². The summed E-state index contributed by atoms with van der Waals surface area (Å²) < 4.78 is 5.46. The van der Waals surface area contributed by atoms with Gasteiger partial charge in [-0.3, -0.25) is 4.79 Å². The maximum atomic E-state index is 12.2. The van der Waals surface area contributed by atoms with Gasteiger partial charge in [0.15, 0.2) is 0 Å². The molecule has 1 amide bonds. The lowest BCUT2D eigenvalue weighted by molar-refractivity contribution is 0.0919. The summed E-state index contributed by atoms with van der Waals surface area (Å²) in [5, 5.41) is 4.34. The van der Waals surface area contributed by atoms with Crippen LogP contribution in [-0.4, -0.2) is 28.7 Å². The molecule has 1 rings (SSSR count). The Kier molecular flexibility index (Phi) is 6.15. The first-order valence-electron chi connectivity index (χ1n) is 5.72. The molecule has 0 aromatic heterocycles. The van der Waals surface area contributed by atoms with Gasteiger partial charge in [-0.25, -0.2) is 0 Å². The molecule has 1 aromatic rings. The summed E-state index contributed by atoms with van der Waals surface area (Å²) in [4.78, 5) is 12.2. The lowest BCUT2D eigenvalue weighted by Gasteiger charge is -2.26. The van der Waals surface area contributed by atoms with Crippen LogP contribution >= 0.6 is 31.9 Å². The zero-order valence-corrected chi connectivity index (χ0v) is 13.7. The van der Waals surface area contributed by atoms with E-state index in [-0.39, 0.29) is 11.4 Å². The number of nitrogens with one attached hydrogen (secondary N) is 1. The van der Waals surface area contributed by atoms with Gasteiger partial charge < -0.3 is 10.1 Å². The third-order valence-electron chi connectivity index (χ3n) is 2.44. The Bertz CT molecular complexity index is 406. The molecule has 1 N–H and O–H groups in total. The largest absolute Gasteiger partial charge is 0.493 e. The predicted molar refractivity (Wildman–Crippen MR) is 81.1 cm³/mol. The molecule has 5 heteroatoms. The van der Waals surface area contributed by atoms with Gasteiger partial charge in [-0.05, 0) is 26.0 Å². The monoisotopic (exact) mass is 377 g/mol. The Morgan fingerprint density at radius 1 is 1.33 bits per heavy atom. The zero-order chi connectivity index (χ0) is 13.6. The topological polar surface area (TPSA) is 38.3 Å². The smallest absolute Gasteiger partial charge is 0.255 e. The van der Waals surface area contributed by atoms with Crippen molar-refractivity contribution in [1.82, 2.24) is 5.32 Å². The molecule has 0 spiro atoms. The Hall–Kier alpha value is -0.550. The second-order valence-corrected chi connectivity index (χ2v) is 5.33. The second-order valence-electron chi connectivity index (χ2n) is 4.21. The van der Waals surface area contributed by atoms with Crippen LogP contribution in [0.25, 0.3) is 0 Å². The summed E-state index contributed by atoms with van der Waals surface area (Å²) >= 11 is 6.81. The van der Waals surface area contributed by atoms with E-state index in [9.17, 15) is 4.79 Å². The number of amides is 1. The molecule has 0 bridgehead atoms.